The van der Waals surface area contributed by atoms with E-state index in [9.17, 15) is 22.8 Å². The second kappa shape index (κ2) is 10.4. The van der Waals surface area contributed by atoms with Crippen LogP contribution in [0.5, 0.6) is 0 Å². The molecule has 11 heteroatoms. The van der Waals surface area contributed by atoms with Crippen molar-refractivity contribution in [3.05, 3.63) is 89.0 Å². The first kappa shape index (κ1) is 26.1. The molecule has 0 bridgehead atoms. The third-order valence-electron chi connectivity index (χ3n) is 5.04. The molecule has 3 aromatic carbocycles. The number of nitrogens with one attached hydrogen (secondary N) is 2. The van der Waals surface area contributed by atoms with E-state index >= 15 is 0 Å². The summed E-state index contributed by atoms with van der Waals surface area (Å²) in [6.07, 6.45) is 0.707. The van der Waals surface area contributed by atoms with Crippen molar-refractivity contribution >= 4 is 39.4 Å². The lowest BCUT2D eigenvalue weighted by molar-refractivity contribution is 0.0744. The smallest absolute Gasteiger partial charge is 0.355 e. The normalized spacial score (nSPS) is 10.9. The van der Waals surface area contributed by atoms with Gasteiger partial charge in [-0.3, -0.25) is 15.0 Å². The SMILES string of the molecule is CN(C)C(=O)c1ccc(-c2ccccc2)c(C(=O)OS(C)(=O)=O)c1C(=O)Nc1ccc(C(=N)N)cc1. The molecule has 186 valence electrons. The Labute approximate surface area is 208 Å². The zero-order valence-electron chi connectivity index (χ0n) is 19.7. The Bertz CT molecular complexity index is 1450. The Balaban J connectivity index is 2.26. The lowest BCUT2D eigenvalue weighted by atomic mass is 9.90. The molecule has 36 heavy (non-hydrogen) atoms. The van der Waals surface area contributed by atoms with E-state index in [1.807, 2.05) is 0 Å². The van der Waals surface area contributed by atoms with E-state index < -0.39 is 27.9 Å². The van der Waals surface area contributed by atoms with Crippen LogP contribution < -0.4 is 11.1 Å². The molecule has 2 amide bonds. The highest BCUT2D eigenvalue weighted by molar-refractivity contribution is 7.86. The summed E-state index contributed by atoms with van der Waals surface area (Å²) in [5.74, 6) is -2.89. The number of nitrogens with zero attached hydrogens (tertiary/aromatic N) is 1. The molecule has 0 heterocycles. The number of amidine groups is 1. The molecular formula is C25H24N4O6S. The van der Waals surface area contributed by atoms with Crippen LogP contribution in [0.1, 0.15) is 36.6 Å². The van der Waals surface area contributed by atoms with Crippen molar-refractivity contribution in [3.63, 3.8) is 0 Å². The van der Waals surface area contributed by atoms with Crippen LogP contribution in [0.15, 0.2) is 66.7 Å². The molecule has 10 nitrogen and oxygen atoms in total. The highest BCUT2D eigenvalue weighted by atomic mass is 32.2. The zero-order valence-corrected chi connectivity index (χ0v) is 20.5. The second-order valence-electron chi connectivity index (χ2n) is 8.00. The van der Waals surface area contributed by atoms with Gasteiger partial charge in [0, 0.05) is 25.3 Å². The van der Waals surface area contributed by atoms with Gasteiger partial charge in [0.2, 0.25) is 0 Å². The van der Waals surface area contributed by atoms with Crippen molar-refractivity contribution in [2.75, 3.05) is 25.7 Å². The van der Waals surface area contributed by atoms with Crippen LogP contribution in [0, 0.1) is 5.41 Å². The van der Waals surface area contributed by atoms with Gasteiger partial charge in [0.1, 0.15) is 5.84 Å². The molecule has 0 atom stereocenters. The van der Waals surface area contributed by atoms with Crippen LogP contribution in [0.2, 0.25) is 0 Å². The molecule has 0 spiro atoms. The monoisotopic (exact) mass is 508 g/mol. The van der Waals surface area contributed by atoms with Crippen molar-refractivity contribution in [2.45, 2.75) is 0 Å². The molecule has 0 fully saturated rings. The molecule has 4 N–H and O–H groups in total. The maximum atomic E-state index is 13.5. The fourth-order valence-electron chi connectivity index (χ4n) is 3.43. The van der Waals surface area contributed by atoms with Crippen LogP contribution in [-0.4, -0.2) is 57.3 Å². The van der Waals surface area contributed by atoms with E-state index in [-0.39, 0.29) is 28.1 Å². The van der Waals surface area contributed by atoms with Crippen LogP contribution in [0.25, 0.3) is 11.1 Å². The fourth-order valence-corrected chi connectivity index (χ4v) is 3.79. The number of hydrogen-bond acceptors (Lipinski definition) is 7. The number of nitrogens with two attached hydrogens (primary N) is 1. The van der Waals surface area contributed by atoms with Gasteiger partial charge in [0.15, 0.2) is 0 Å². The first-order valence-corrected chi connectivity index (χ1v) is 12.3. The van der Waals surface area contributed by atoms with E-state index in [0.717, 1.165) is 0 Å². The van der Waals surface area contributed by atoms with Crippen molar-refractivity contribution < 1.29 is 27.0 Å². The first-order valence-electron chi connectivity index (χ1n) is 10.5. The molecule has 0 aliphatic heterocycles. The van der Waals surface area contributed by atoms with E-state index in [4.69, 9.17) is 11.1 Å². The van der Waals surface area contributed by atoms with Gasteiger partial charge in [-0.15, -0.1) is 0 Å². The predicted octanol–water partition coefficient (Wildman–Crippen LogP) is 2.71. The summed E-state index contributed by atoms with van der Waals surface area (Å²) in [6, 6.07) is 17.4. The van der Waals surface area contributed by atoms with Crippen molar-refractivity contribution in [3.8, 4) is 11.1 Å². The number of amides is 2. The summed E-state index contributed by atoms with van der Waals surface area (Å²) in [7, 11) is -1.29. The molecule has 3 aromatic rings. The van der Waals surface area contributed by atoms with Gasteiger partial charge in [-0.2, -0.15) is 8.42 Å². The van der Waals surface area contributed by atoms with Gasteiger partial charge >= 0.3 is 16.1 Å². The van der Waals surface area contributed by atoms with E-state index in [1.54, 1.807) is 30.3 Å². The predicted molar refractivity (Wildman–Crippen MR) is 136 cm³/mol. The molecular weight excluding hydrogens is 484 g/mol. The maximum Gasteiger partial charge on any atom is 0.355 e. The Morgan fingerprint density at radius 3 is 2.06 bits per heavy atom. The molecule has 3 rings (SSSR count). The third kappa shape index (κ3) is 5.94. The number of benzene rings is 3. The summed E-state index contributed by atoms with van der Waals surface area (Å²) in [5.41, 5.74) is 6.04. The third-order valence-corrected chi connectivity index (χ3v) is 5.49. The van der Waals surface area contributed by atoms with Crippen molar-refractivity contribution in [1.29, 1.82) is 5.41 Å². The lowest BCUT2D eigenvalue weighted by Crippen LogP contribution is -2.28. The highest BCUT2D eigenvalue weighted by Gasteiger charge is 2.31. The van der Waals surface area contributed by atoms with Crippen LogP contribution in [-0.2, 0) is 14.3 Å². The van der Waals surface area contributed by atoms with Crippen molar-refractivity contribution in [1.82, 2.24) is 4.90 Å². The van der Waals surface area contributed by atoms with E-state index in [1.165, 1.54) is 55.4 Å². The molecule has 0 radical (unpaired) electrons. The summed E-state index contributed by atoms with van der Waals surface area (Å²) in [5, 5.41) is 10.1. The number of hydrogen-bond donors (Lipinski definition) is 3. The molecule has 0 aliphatic carbocycles. The minimum atomic E-state index is -4.24. The van der Waals surface area contributed by atoms with Crippen molar-refractivity contribution in [2.24, 2.45) is 5.73 Å². The van der Waals surface area contributed by atoms with Gasteiger partial charge in [0.05, 0.1) is 22.9 Å². The first-order chi connectivity index (χ1) is 16.9. The average Bonchev–Trinajstić information content (AvgIpc) is 2.82. The number of nitrogen functional groups attached to an aromatic ring is 1. The summed E-state index contributed by atoms with van der Waals surface area (Å²) >= 11 is 0. The zero-order chi connectivity index (χ0) is 26.6. The largest absolute Gasteiger partial charge is 0.384 e. The quantitative estimate of drug-likeness (QED) is 0.251. The summed E-state index contributed by atoms with van der Waals surface area (Å²) < 4.78 is 28.3. The van der Waals surface area contributed by atoms with E-state index in [0.29, 0.717) is 23.1 Å². The number of carbonyl (C=O) groups is 3. The number of carbonyl (C=O) groups excluding carboxylic acids is 3. The Hall–Kier alpha value is -4.51. The number of rotatable bonds is 7. The average molecular weight is 509 g/mol. The topological polar surface area (TPSA) is 160 Å². The van der Waals surface area contributed by atoms with Gasteiger partial charge in [-0.25, -0.2) is 4.79 Å². The second-order valence-corrected chi connectivity index (χ2v) is 9.57. The van der Waals surface area contributed by atoms with Crippen LogP contribution >= 0.6 is 0 Å². The van der Waals surface area contributed by atoms with Gasteiger partial charge in [-0.05, 0) is 41.5 Å². The molecule has 0 saturated heterocycles. The molecule has 0 saturated carbocycles. The Morgan fingerprint density at radius 1 is 0.917 bits per heavy atom. The van der Waals surface area contributed by atoms with Gasteiger partial charge < -0.3 is 20.1 Å². The van der Waals surface area contributed by atoms with Crippen LogP contribution in [0.4, 0.5) is 5.69 Å². The lowest BCUT2D eigenvalue weighted by Gasteiger charge is -2.19. The molecule has 0 aliphatic rings. The minimum Gasteiger partial charge on any atom is -0.384 e. The number of anilines is 1. The van der Waals surface area contributed by atoms with E-state index in [2.05, 4.69) is 9.50 Å². The fraction of sp³-hybridized carbons (Fsp3) is 0.120. The van der Waals surface area contributed by atoms with Crippen LogP contribution in [0.3, 0.4) is 0 Å². The Kier molecular flexibility index (Phi) is 7.54. The van der Waals surface area contributed by atoms with Gasteiger partial charge in [-0.1, -0.05) is 36.4 Å². The molecule has 0 aromatic heterocycles. The Morgan fingerprint density at radius 2 is 1.53 bits per heavy atom. The summed E-state index contributed by atoms with van der Waals surface area (Å²) in [4.78, 5) is 40.9. The standard InChI is InChI=1S/C25H24N4O6S/c1-29(2)24(31)19-14-13-18(15-7-5-4-6-8-15)21(25(32)35-36(3,33)34)20(19)23(30)28-17-11-9-16(10-12-17)22(26)27/h4-14H,1-3H3,(H3,26,27)(H,28,30). The maximum absolute atomic E-state index is 13.5. The summed E-state index contributed by atoms with van der Waals surface area (Å²) in [6.45, 7) is 0. The molecule has 0 unspecified atom stereocenters. The minimum absolute atomic E-state index is 0.127. The van der Waals surface area contributed by atoms with Gasteiger partial charge in [0.25, 0.3) is 11.8 Å². The highest BCUT2D eigenvalue weighted by Crippen LogP contribution is 2.31.